The number of hydrogen-bond acceptors (Lipinski definition) is 5. The summed E-state index contributed by atoms with van der Waals surface area (Å²) < 4.78 is 7.14. The Balaban J connectivity index is 1.55. The van der Waals surface area contributed by atoms with Gasteiger partial charge in [0, 0.05) is 35.0 Å². The fraction of sp³-hybridized carbons (Fsp3) is 0.333. The minimum absolute atomic E-state index is 0.0810. The molecule has 3 heterocycles. The first-order chi connectivity index (χ1) is 13.8. The van der Waals surface area contributed by atoms with E-state index in [0.717, 1.165) is 34.7 Å². The highest BCUT2D eigenvalue weighted by molar-refractivity contribution is 6.03. The van der Waals surface area contributed by atoms with E-state index in [0.29, 0.717) is 11.4 Å². The van der Waals surface area contributed by atoms with Crippen LogP contribution in [0, 0.1) is 6.92 Å². The number of carbonyl (C=O) groups excluding carboxylic acids is 1. The third-order valence-corrected chi connectivity index (χ3v) is 4.86. The fourth-order valence-corrected chi connectivity index (χ4v) is 3.16. The highest BCUT2D eigenvalue weighted by atomic mass is 16.5. The van der Waals surface area contributed by atoms with E-state index < -0.39 is 0 Å². The molecule has 0 fully saturated rings. The standard InChI is InChI=1S/C21H24N6O2/c1-6-27-12(2)14(11-22-27)16-10-18(29-26-16)19(28)23-13-7-8-15-17(9-13)25-20(24-15)21(3,4)5/h7-11H,6H2,1-5H3,(H,23,28)(H,24,25). The van der Waals surface area contributed by atoms with Crippen LogP contribution in [0.3, 0.4) is 0 Å². The summed E-state index contributed by atoms with van der Waals surface area (Å²) in [6.07, 6.45) is 1.73. The van der Waals surface area contributed by atoms with Crippen LogP contribution < -0.4 is 5.32 Å². The van der Waals surface area contributed by atoms with Crippen molar-refractivity contribution in [2.24, 2.45) is 0 Å². The number of aryl methyl sites for hydroxylation is 1. The highest BCUT2D eigenvalue weighted by Crippen LogP contribution is 2.26. The maximum absolute atomic E-state index is 12.6. The molecule has 0 saturated heterocycles. The molecule has 4 rings (SSSR count). The lowest BCUT2D eigenvalue weighted by Gasteiger charge is -2.13. The molecule has 1 amide bonds. The van der Waals surface area contributed by atoms with Crippen molar-refractivity contribution >= 4 is 22.6 Å². The molecule has 8 heteroatoms. The molecule has 4 aromatic rings. The molecule has 0 saturated carbocycles. The zero-order valence-electron chi connectivity index (χ0n) is 17.2. The van der Waals surface area contributed by atoms with E-state index in [1.165, 1.54) is 0 Å². The minimum Gasteiger partial charge on any atom is -0.350 e. The lowest BCUT2D eigenvalue weighted by Crippen LogP contribution is -2.12. The Morgan fingerprint density at radius 1 is 1.28 bits per heavy atom. The Morgan fingerprint density at radius 3 is 2.76 bits per heavy atom. The maximum atomic E-state index is 12.6. The Bertz CT molecular complexity index is 1190. The molecule has 0 aliphatic rings. The summed E-state index contributed by atoms with van der Waals surface area (Å²) in [5.41, 5.74) is 4.72. The number of hydrogen-bond donors (Lipinski definition) is 2. The molecular weight excluding hydrogens is 368 g/mol. The number of carbonyl (C=O) groups is 1. The maximum Gasteiger partial charge on any atom is 0.294 e. The average molecular weight is 392 g/mol. The SMILES string of the molecule is CCn1ncc(-c2cc(C(=O)Nc3ccc4nc(C(C)(C)C)[nH]c4c3)on2)c1C. The van der Waals surface area contributed by atoms with Gasteiger partial charge in [-0.2, -0.15) is 5.10 Å². The Morgan fingerprint density at radius 2 is 2.07 bits per heavy atom. The van der Waals surface area contributed by atoms with Gasteiger partial charge in [-0.15, -0.1) is 0 Å². The molecule has 0 aliphatic carbocycles. The van der Waals surface area contributed by atoms with Gasteiger partial charge in [0.15, 0.2) is 0 Å². The summed E-state index contributed by atoms with van der Waals surface area (Å²) in [7, 11) is 0. The smallest absolute Gasteiger partial charge is 0.294 e. The number of benzene rings is 1. The minimum atomic E-state index is -0.362. The number of anilines is 1. The first kappa shape index (κ1) is 18.9. The topological polar surface area (TPSA) is 102 Å². The van der Waals surface area contributed by atoms with Crippen LogP contribution in [0.25, 0.3) is 22.3 Å². The molecule has 8 nitrogen and oxygen atoms in total. The van der Waals surface area contributed by atoms with Crippen LogP contribution in [0.1, 0.15) is 49.8 Å². The zero-order chi connectivity index (χ0) is 20.8. The van der Waals surface area contributed by atoms with E-state index in [2.05, 4.69) is 46.3 Å². The van der Waals surface area contributed by atoms with Gasteiger partial charge in [-0.25, -0.2) is 4.98 Å². The van der Waals surface area contributed by atoms with Gasteiger partial charge < -0.3 is 14.8 Å². The molecule has 0 spiro atoms. The van der Waals surface area contributed by atoms with Crippen LogP contribution in [0.15, 0.2) is 35.0 Å². The van der Waals surface area contributed by atoms with Crippen LogP contribution in [0.2, 0.25) is 0 Å². The number of H-pyrrole nitrogens is 1. The van der Waals surface area contributed by atoms with Gasteiger partial charge in [0.1, 0.15) is 11.5 Å². The first-order valence-corrected chi connectivity index (χ1v) is 9.57. The average Bonchev–Trinajstić information content (AvgIpc) is 3.38. The van der Waals surface area contributed by atoms with Crippen molar-refractivity contribution in [3.05, 3.63) is 47.7 Å². The summed E-state index contributed by atoms with van der Waals surface area (Å²) in [6, 6.07) is 7.19. The van der Waals surface area contributed by atoms with Crippen molar-refractivity contribution in [1.82, 2.24) is 24.9 Å². The number of nitrogens with zero attached hydrogens (tertiary/aromatic N) is 4. The summed E-state index contributed by atoms with van der Waals surface area (Å²) in [4.78, 5) is 20.5. The molecule has 0 atom stereocenters. The lowest BCUT2D eigenvalue weighted by atomic mass is 9.96. The number of amides is 1. The van der Waals surface area contributed by atoms with Crippen LogP contribution in [0.5, 0.6) is 0 Å². The number of rotatable bonds is 4. The number of imidazole rings is 1. The van der Waals surface area contributed by atoms with Gasteiger partial charge in [-0.1, -0.05) is 25.9 Å². The Hall–Kier alpha value is -3.42. The fourth-order valence-electron chi connectivity index (χ4n) is 3.16. The van der Waals surface area contributed by atoms with Gasteiger partial charge in [-0.05, 0) is 32.0 Å². The van der Waals surface area contributed by atoms with Gasteiger partial charge in [0.05, 0.1) is 17.2 Å². The second-order valence-corrected chi connectivity index (χ2v) is 8.06. The van der Waals surface area contributed by atoms with Gasteiger partial charge in [0.25, 0.3) is 5.91 Å². The first-order valence-electron chi connectivity index (χ1n) is 9.57. The van der Waals surface area contributed by atoms with E-state index in [9.17, 15) is 4.79 Å². The van der Waals surface area contributed by atoms with Gasteiger partial charge in [0.2, 0.25) is 5.76 Å². The van der Waals surface area contributed by atoms with Crippen molar-refractivity contribution in [1.29, 1.82) is 0 Å². The van der Waals surface area contributed by atoms with Crippen LogP contribution in [-0.4, -0.2) is 30.8 Å². The third-order valence-electron chi connectivity index (χ3n) is 4.86. The van der Waals surface area contributed by atoms with Crippen LogP contribution in [0.4, 0.5) is 5.69 Å². The molecule has 2 N–H and O–H groups in total. The normalized spacial score (nSPS) is 11.9. The summed E-state index contributed by atoms with van der Waals surface area (Å²) in [5, 5.41) is 11.2. The van der Waals surface area contributed by atoms with Crippen LogP contribution >= 0.6 is 0 Å². The van der Waals surface area contributed by atoms with Crippen molar-refractivity contribution in [2.45, 2.75) is 46.6 Å². The molecule has 150 valence electrons. The Kier molecular flexibility index (Phi) is 4.49. The largest absolute Gasteiger partial charge is 0.350 e. The number of aromatic nitrogens is 5. The predicted molar refractivity (Wildman–Crippen MR) is 111 cm³/mol. The molecule has 0 unspecified atom stereocenters. The van der Waals surface area contributed by atoms with Crippen LogP contribution in [-0.2, 0) is 12.0 Å². The van der Waals surface area contributed by atoms with E-state index in [1.807, 2.05) is 36.7 Å². The summed E-state index contributed by atoms with van der Waals surface area (Å²) >= 11 is 0. The van der Waals surface area contributed by atoms with E-state index in [1.54, 1.807) is 12.3 Å². The van der Waals surface area contributed by atoms with E-state index >= 15 is 0 Å². The third kappa shape index (κ3) is 3.53. The second kappa shape index (κ2) is 6.88. The second-order valence-electron chi connectivity index (χ2n) is 8.06. The van der Waals surface area contributed by atoms with Gasteiger partial charge >= 0.3 is 0 Å². The summed E-state index contributed by atoms with van der Waals surface area (Å²) in [6.45, 7) is 11.0. The zero-order valence-corrected chi connectivity index (χ0v) is 17.2. The quantitative estimate of drug-likeness (QED) is 0.539. The molecule has 0 aliphatic heterocycles. The van der Waals surface area contributed by atoms with E-state index in [-0.39, 0.29) is 17.1 Å². The monoisotopic (exact) mass is 392 g/mol. The number of nitrogens with one attached hydrogen (secondary N) is 2. The molecule has 29 heavy (non-hydrogen) atoms. The Labute approximate surface area is 168 Å². The summed E-state index contributed by atoms with van der Waals surface area (Å²) in [5.74, 6) is 0.682. The van der Waals surface area contributed by atoms with Crippen molar-refractivity contribution in [2.75, 3.05) is 5.32 Å². The molecule has 3 aromatic heterocycles. The highest BCUT2D eigenvalue weighted by Gasteiger charge is 2.20. The van der Waals surface area contributed by atoms with Crippen molar-refractivity contribution < 1.29 is 9.32 Å². The van der Waals surface area contributed by atoms with Gasteiger partial charge in [-0.3, -0.25) is 9.48 Å². The predicted octanol–water partition coefficient (Wildman–Crippen LogP) is 4.29. The molecule has 0 radical (unpaired) electrons. The number of fused-ring (bicyclic) bond motifs is 1. The lowest BCUT2D eigenvalue weighted by molar-refractivity contribution is 0.0988. The van der Waals surface area contributed by atoms with Crippen molar-refractivity contribution in [3.63, 3.8) is 0 Å². The van der Waals surface area contributed by atoms with E-state index in [4.69, 9.17) is 4.52 Å². The molecule has 1 aromatic carbocycles. The molecular formula is C21H24N6O2. The van der Waals surface area contributed by atoms with Crippen molar-refractivity contribution in [3.8, 4) is 11.3 Å². The molecule has 0 bridgehead atoms. The number of aromatic amines is 1.